The van der Waals surface area contributed by atoms with Crippen LogP contribution < -0.4 is 15.4 Å². The topological polar surface area (TPSA) is 72.5 Å². The summed E-state index contributed by atoms with van der Waals surface area (Å²) in [5.41, 5.74) is 0.661. The molecule has 1 aromatic heterocycles. The zero-order valence-corrected chi connectivity index (χ0v) is 15.0. The van der Waals surface area contributed by atoms with Crippen molar-refractivity contribution < 1.29 is 18.7 Å². The summed E-state index contributed by atoms with van der Waals surface area (Å²) in [6.07, 6.45) is 4.39. The van der Waals surface area contributed by atoms with Crippen LogP contribution in [0.1, 0.15) is 41.7 Å². The van der Waals surface area contributed by atoms with Crippen LogP contribution in [0.4, 0.5) is 14.3 Å². The maximum Gasteiger partial charge on any atom is 0.321 e. The standard InChI is InChI=1S/C18H20FN3O3S/c19-13-3-1-2-12-14(6-9-25-16(12)13)21-17(23)22-18-20-10-15(26-18)11-4-7-24-8-5-11/h1-3,10-11,14H,4-9H2,(H2,20,21,22,23)/t14-/m0/s1. The first-order valence-electron chi connectivity index (χ1n) is 8.73. The van der Waals surface area contributed by atoms with Crippen LogP contribution in [0.25, 0.3) is 0 Å². The lowest BCUT2D eigenvalue weighted by atomic mass is 9.99. The molecule has 1 fully saturated rings. The van der Waals surface area contributed by atoms with Gasteiger partial charge in [-0.05, 0) is 24.8 Å². The lowest BCUT2D eigenvalue weighted by Crippen LogP contribution is -2.35. The van der Waals surface area contributed by atoms with Gasteiger partial charge in [-0.1, -0.05) is 12.1 Å². The van der Waals surface area contributed by atoms with E-state index < -0.39 is 5.82 Å². The minimum atomic E-state index is -0.407. The van der Waals surface area contributed by atoms with Gasteiger partial charge in [0.25, 0.3) is 0 Å². The molecule has 0 spiro atoms. The fourth-order valence-electron chi connectivity index (χ4n) is 3.34. The zero-order valence-electron chi connectivity index (χ0n) is 14.2. The summed E-state index contributed by atoms with van der Waals surface area (Å²) in [5.74, 6) is 0.265. The van der Waals surface area contributed by atoms with Gasteiger partial charge in [-0.3, -0.25) is 5.32 Å². The van der Waals surface area contributed by atoms with Crippen LogP contribution >= 0.6 is 11.3 Å². The van der Waals surface area contributed by atoms with Crippen molar-refractivity contribution in [3.8, 4) is 5.75 Å². The second-order valence-corrected chi connectivity index (χ2v) is 7.46. The number of urea groups is 1. The average Bonchev–Trinajstić information content (AvgIpc) is 3.12. The van der Waals surface area contributed by atoms with Crippen LogP contribution in [0, 0.1) is 5.82 Å². The van der Waals surface area contributed by atoms with E-state index in [4.69, 9.17) is 9.47 Å². The molecule has 0 unspecified atom stereocenters. The summed E-state index contributed by atoms with van der Waals surface area (Å²) in [6, 6.07) is 4.12. The number of hydrogen-bond donors (Lipinski definition) is 2. The Bertz CT molecular complexity index is 792. The number of aromatic nitrogens is 1. The third kappa shape index (κ3) is 3.66. The van der Waals surface area contributed by atoms with Crippen LogP contribution in [0.3, 0.4) is 0 Å². The third-order valence-electron chi connectivity index (χ3n) is 4.70. The minimum Gasteiger partial charge on any atom is -0.490 e. The maximum absolute atomic E-state index is 13.8. The number of thiazole rings is 1. The number of para-hydroxylation sites is 1. The van der Waals surface area contributed by atoms with Gasteiger partial charge in [0.2, 0.25) is 0 Å². The molecular formula is C18H20FN3O3S. The van der Waals surface area contributed by atoms with Crippen molar-refractivity contribution in [2.24, 2.45) is 0 Å². The van der Waals surface area contributed by atoms with Gasteiger partial charge in [0.05, 0.1) is 12.6 Å². The Morgan fingerprint density at radius 2 is 2.08 bits per heavy atom. The molecule has 26 heavy (non-hydrogen) atoms. The number of ether oxygens (including phenoxy) is 2. The van der Waals surface area contributed by atoms with Crippen LogP contribution in [0.5, 0.6) is 5.75 Å². The third-order valence-corrected chi connectivity index (χ3v) is 5.77. The number of carbonyl (C=O) groups excluding carboxylic acids is 1. The molecule has 0 saturated carbocycles. The summed E-state index contributed by atoms with van der Waals surface area (Å²) < 4.78 is 24.6. The fourth-order valence-corrected chi connectivity index (χ4v) is 4.32. The summed E-state index contributed by atoms with van der Waals surface area (Å²) in [5, 5.41) is 6.24. The van der Waals surface area contributed by atoms with Gasteiger partial charge in [0.1, 0.15) is 0 Å². The normalized spacial score (nSPS) is 20.1. The summed E-state index contributed by atoms with van der Waals surface area (Å²) in [4.78, 5) is 17.8. The largest absolute Gasteiger partial charge is 0.490 e. The molecule has 2 aliphatic rings. The number of nitrogens with one attached hydrogen (secondary N) is 2. The van der Waals surface area contributed by atoms with Gasteiger partial charge >= 0.3 is 6.03 Å². The molecule has 138 valence electrons. The molecule has 8 heteroatoms. The Labute approximate surface area is 154 Å². The molecule has 0 aliphatic carbocycles. The van der Waals surface area contributed by atoms with Crippen molar-refractivity contribution in [3.63, 3.8) is 0 Å². The van der Waals surface area contributed by atoms with Crippen LogP contribution in [-0.2, 0) is 4.74 Å². The molecule has 0 bridgehead atoms. The van der Waals surface area contributed by atoms with Crippen LogP contribution in [0.15, 0.2) is 24.4 Å². The van der Waals surface area contributed by atoms with Crippen LogP contribution in [-0.4, -0.2) is 30.8 Å². The Kier molecular flexibility index (Phi) is 5.03. The SMILES string of the molecule is O=C(Nc1ncc(C2CCOCC2)s1)N[C@H]1CCOc2c(F)cccc21. The van der Waals surface area contributed by atoms with Gasteiger partial charge in [-0.25, -0.2) is 14.2 Å². The quantitative estimate of drug-likeness (QED) is 0.853. The van der Waals surface area contributed by atoms with Gasteiger partial charge in [0.15, 0.2) is 16.7 Å². The smallest absolute Gasteiger partial charge is 0.321 e. The Balaban J connectivity index is 1.39. The van der Waals surface area contributed by atoms with Gasteiger partial charge in [-0.2, -0.15) is 0 Å². The van der Waals surface area contributed by atoms with E-state index in [1.807, 2.05) is 6.20 Å². The molecule has 6 nitrogen and oxygen atoms in total. The number of halogens is 1. The Morgan fingerprint density at radius 1 is 1.23 bits per heavy atom. The van der Waals surface area contributed by atoms with Gasteiger partial charge in [-0.15, -0.1) is 11.3 Å². The highest BCUT2D eigenvalue weighted by molar-refractivity contribution is 7.15. The van der Waals surface area contributed by atoms with E-state index >= 15 is 0 Å². The van der Waals surface area contributed by atoms with E-state index in [-0.39, 0.29) is 17.8 Å². The Hall–Kier alpha value is -2.19. The molecule has 3 heterocycles. The van der Waals surface area contributed by atoms with Gasteiger partial charge < -0.3 is 14.8 Å². The van der Waals surface area contributed by atoms with E-state index in [0.29, 0.717) is 29.6 Å². The number of fused-ring (bicyclic) bond motifs is 1. The highest BCUT2D eigenvalue weighted by Crippen LogP contribution is 2.35. The number of hydrogen-bond acceptors (Lipinski definition) is 5. The molecule has 1 saturated heterocycles. The maximum atomic E-state index is 13.8. The number of rotatable bonds is 3. The van der Waals surface area contributed by atoms with Crippen molar-refractivity contribution in [3.05, 3.63) is 40.7 Å². The first-order valence-corrected chi connectivity index (χ1v) is 9.54. The molecule has 2 aliphatic heterocycles. The highest BCUT2D eigenvalue weighted by atomic mass is 32.1. The average molecular weight is 377 g/mol. The van der Waals surface area contributed by atoms with Crippen molar-refractivity contribution in [1.29, 1.82) is 0 Å². The lowest BCUT2D eigenvalue weighted by molar-refractivity contribution is 0.0860. The van der Waals surface area contributed by atoms with E-state index in [1.165, 1.54) is 22.3 Å². The lowest BCUT2D eigenvalue weighted by Gasteiger charge is -2.26. The molecule has 2 amide bonds. The second kappa shape index (κ2) is 7.59. The summed E-state index contributed by atoms with van der Waals surface area (Å²) in [7, 11) is 0. The molecule has 0 radical (unpaired) electrons. The number of amides is 2. The predicted molar refractivity (Wildman–Crippen MR) is 96.3 cm³/mol. The molecule has 1 aromatic carbocycles. The van der Waals surface area contributed by atoms with Crippen molar-refractivity contribution in [2.75, 3.05) is 25.1 Å². The minimum absolute atomic E-state index is 0.222. The van der Waals surface area contributed by atoms with E-state index in [2.05, 4.69) is 15.6 Å². The van der Waals surface area contributed by atoms with Crippen molar-refractivity contribution in [1.82, 2.24) is 10.3 Å². The summed E-state index contributed by atoms with van der Waals surface area (Å²) in [6.45, 7) is 1.90. The molecule has 2 aromatic rings. The summed E-state index contributed by atoms with van der Waals surface area (Å²) >= 11 is 1.49. The second-order valence-electron chi connectivity index (χ2n) is 6.40. The fraction of sp³-hybridized carbons (Fsp3) is 0.444. The molecule has 1 atom stereocenters. The predicted octanol–water partition coefficient (Wildman–Crippen LogP) is 3.82. The van der Waals surface area contributed by atoms with Crippen molar-refractivity contribution in [2.45, 2.75) is 31.2 Å². The first kappa shape index (κ1) is 17.2. The molecular weight excluding hydrogens is 357 g/mol. The Morgan fingerprint density at radius 3 is 2.92 bits per heavy atom. The van der Waals surface area contributed by atoms with Gasteiger partial charge in [0, 0.05) is 36.3 Å². The number of anilines is 1. The molecule has 2 N–H and O–H groups in total. The molecule has 4 rings (SSSR count). The van der Waals surface area contributed by atoms with Crippen LogP contribution in [0.2, 0.25) is 0 Å². The zero-order chi connectivity index (χ0) is 17.9. The number of carbonyl (C=O) groups is 1. The monoisotopic (exact) mass is 377 g/mol. The van der Waals surface area contributed by atoms with E-state index in [0.717, 1.165) is 26.1 Å². The number of nitrogens with zero attached hydrogens (tertiary/aromatic N) is 1. The van der Waals surface area contributed by atoms with E-state index in [9.17, 15) is 9.18 Å². The van der Waals surface area contributed by atoms with Crippen molar-refractivity contribution >= 4 is 22.5 Å². The first-order chi connectivity index (χ1) is 12.7. The highest BCUT2D eigenvalue weighted by Gasteiger charge is 2.26. The van der Waals surface area contributed by atoms with E-state index in [1.54, 1.807) is 12.1 Å². The number of benzene rings is 1.